The molecule has 0 aromatic heterocycles. The third-order valence-corrected chi connectivity index (χ3v) is 5.60. The van der Waals surface area contributed by atoms with Gasteiger partial charge in [-0.15, -0.1) is 0 Å². The van der Waals surface area contributed by atoms with E-state index in [4.69, 9.17) is 18.9 Å². The maximum atomic E-state index is 10.7. The SMILES string of the molecule is C[C@@H]1O[C@@H](O)[C@H](OCc2ccccc2)[C@@H](OCc2ccccc2)[C@H]1OCc1ccccc1. The number of benzene rings is 3. The maximum absolute atomic E-state index is 10.7. The highest BCUT2D eigenvalue weighted by Crippen LogP contribution is 2.29. The Hall–Kier alpha value is -2.54. The zero-order chi connectivity index (χ0) is 22.2. The lowest BCUT2D eigenvalue weighted by atomic mass is 9.98. The molecule has 0 unspecified atom stereocenters. The number of rotatable bonds is 9. The first-order valence-corrected chi connectivity index (χ1v) is 11.0. The monoisotopic (exact) mass is 434 g/mol. The highest BCUT2D eigenvalue weighted by Gasteiger charge is 2.46. The van der Waals surface area contributed by atoms with Crippen molar-refractivity contribution in [3.8, 4) is 0 Å². The van der Waals surface area contributed by atoms with Gasteiger partial charge < -0.3 is 24.1 Å². The van der Waals surface area contributed by atoms with Crippen LogP contribution in [0.25, 0.3) is 0 Å². The second-order valence-corrected chi connectivity index (χ2v) is 8.02. The first-order chi connectivity index (χ1) is 15.7. The standard InChI is InChI=1S/C27H30O5/c1-20-24(29-17-21-11-5-2-6-12-21)25(30-18-22-13-7-3-8-14-22)26(27(28)32-20)31-19-23-15-9-4-10-16-23/h2-16,20,24-28H,17-19H2,1H3/t20-,24-,25-,26+,27+/m0/s1. The Bertz CT molecular complexity index is 863. The van der Waals surface area contributed by atoms with Gasteiger partial charge in [0, 0.05) is 0 Å². The largest absolute Gasteiger partial charge is 0.368 e. The molecule has 1 aliphatic rings. The smallest absolute Gasteiger partial charge is 0.184 e. The van der Waals surface area contributed by atoms with E-state index in [1.807, 2.05) is 97.9 Å². The van der Waals surface area contributed by atoms with Crippen molar-refractivity contribution in [3.05, 3.63) is 108 Å². The minimum absolute atomic E-state index is 0.344. The number of aliphatic hydroxyl groups excluding tert-OH is 1. The van der Waals surface area contributed by atoms with Gasteiger partial charge in [0.15, 0.2) is 6.29 Å². The molecular formula is C27H30O5. The first kappa shape index (κ1) is 22.6. The summed E-state index contributed by atoms with van der Waals surface area (Å²) in [7, 11) is 0. The van der Waals surface area contributed by atoms with Crippen molar-refractivity contribution < 1.29 is 24.1 Å². The maximum Gasteiger partial charge on any atom is 0.184 e. The molecule has 1 saturated heterocycles. The number of hydrogen-bond donors (Lipinski definition) is 1. The highest BCUT2D eigenvalue weighted by molar-refractivity contribution is 5.15. The summed E-state index contributed by atoms with van der Waals surface area (Å²) in [5.41, 5.74) is 3.13. The van der Waals surface area contributed by atoms with Crippen LogP contribution in [0.1, 0.15) is 23.6 Å². The van der Waals surface area contributed by atoms with Crippen molar-refractivity contribution in [1.29, 1.82) is 0 Å². The van der Waals surface area contributed by atoms with Crippen LogP contribution >= 0.6 is 0 Å². The highest BCUT2D eigenvalue weighted by atomic mass is 16.7. The molecule has 168 valence electrons. The summed E-state index contributed by atoms with van der Waals surface area (Å²) in [5, 5.41) is 10.7. The Balaban J connectivity index is 1.50. The average Bonchev–Trinajstić information content (AvgIpc) is 2.83. The Labute approximate surface area is 189 Å². The van der Waals surface area contributed by atoms with Crippen molar-refractivity contribution in [2.24, 2.45) is 0 Å². The molecule has 3 aromatic carbocycles. The second-order valence-electron chi connectivity index (χ2n) is 8.02. The first-order valence-electron chi connectivity index (χ1n) is 11.0. The predicted octanol–water partition coefficient (Wildman–Crippen LogP) is 4.48. The van der Waals surface area contributed by atoms with E-state index in [9.17, 15) is 5.11 Å². The molecule has 5 heteroatoms. The zero-order valence-corrected chi connectivity index (χ0v) is 18.2. The predicted molar refractivity (Wildman–Crippen MR) is 122 cm³/mol. The van der Waals surface area contributed by atoms with Crippen molar-refractivity contribution in [2.75, 3.05) is 0 Å². The molecule has 0 amide bonds. The van der Waals surface area contributed by atoms with E-state index < -0.39 is 24.6 Å². The van der Waals surface area contributed by atoms with Gasteiger partial charge in [-0.25, -0.2) is 0 Å². The van der Waals surface area contributed by atoms with Gasteiger partial charge in [-0.3, -0.25) is 0 Å². The molecule has 0 radical (unpaired) electrons. The molecule has 4 rings (SSSR count). The van der Waals surface area contributed by atoms with Crippen LogP contribution in [0.4, 0.5) is 0 Å². The molecule has 0 spiro atoms. The van der Waals surface area contributed by atoms with Crippen molar-refractivity contribution in [1.82, 2.24) is 0 Å². The summed E-state index contributed by atoms with van der Waals surface area (Å²) in [4.78, 5) is 0. The van der Waals surface area contributed by atoms with Gasteiger partial charge in [0.05, 0.1) is 25.9 Å². The van der Waals surface area contributed by atoms with Crippen LogP contribution in [0.3, 0.4) is 0 Å². The van der Waals surface area contributed by atoms with Gasteiger partial charge >= 0.3 is 0 Å². The fourth-order valence-electron chi connectivity index (χ4n) is 3.89. The molecule has 32 heavy (non-hydrogen) atoms. The number of ether oxygens (including phenoxy) is 4. The fraction of sp³-hybridized carbons (Fsp3) is 0.333. The van der Waals surface area contributed by atoms with Crippen LogP contribution < -0.4 is 0 Å². The van der Waals surface area contributed by atoms with Crippen LogP contribution in [0, 0.1) is 0 Å². The lowest BCUT2D eigenvalue weighted by Gasteiger charge is -2.43. The minimum Gasteiger partial charge on any atom is -0.368 e. The molecule has 5 nitrogen and oxygen atoms in total. The molecule has 1 heterocycles. The summed E-state index contributed by atoms with van der Waals surface area (Å²) in [6.45, 7) is 3.05. The van der Waals surface area contributed by atoms with E-state index in [1.165, 1.54) is 0 Å². The molecular weight excluding hydrogens is 404 g/mol. The van der Waals surface area contributed by atoms with Crippen LogP contribution in [-0.4, -0.2) is 35.8 Å². The Kier molecular flexibility index (Phi) is 8.04. The van der Waals surface area contributed by atoms with Gasteiger partial charge in [-0.05, 0) is 23.6 Å². The van der Waals surface area contributed by atoms with Crippen molar-refractivity contribution in [2.45, 2.75) is 57.5 Å². The Morgan fingerprint density at radius 3 is 1.41 bits per heavy atom. The Morgan fingerprint density at radius 2 is 0.969 bits per heavy atom. The van der Waals surface area contributed by atoms with E-state index in [-0.39, 0.29) is 6.10 Å². The van der Waals surface area contributed by atoms with E-state index >= 15 is 0 Å². The van der Waals surface area contributed by atoms with Gasteiger partial charge in [0.2, 0.25) is 0 Å². The zero-order valence-electron chi connectivity index (χ0n) is 18.2. The lowest BCUT2D eigenvalue weighted by Crippen LogP contribution is -2.59. The summed E-state index contributed by atoms with van der Waals surface area (Å²) in [5.74, 6) is 0. The summed E-state index contributed by atoms with van der Waals surface area (Å²) in [6, 6.07) is 29.8. The average molecular weight is 435 g/mol. The topological polar surface area (TPSA) is 57.2 Å². The molecule has 1 aliphatic heterocycles. The normalized spacial score (nSPS) is 25.5. The lowest BCUT2D eigenvalue weighted by molar-refractivity contribution is -0.308. The van der Waals surface area contributed by atoms with Crippen LogP contribution in [0.5, 0.6) is 0 Å². The van der Waals surface area contributed by atoms with Crippen LogP contribution in [0.15, 0.2) is 91.0 Å². The number of hydrogen-bond acceptors (Lipinski definition) is 5. The van der Waals surface area contributed by atoms with E-state index in [1.54, 1.807) is 0 Å². The quantitative estimate of drug-likeness (QED) is 0.538. The fourth-order valence-corrected chi connectivity index (χ4v) is 3.89. The third-order valence-electron chi connectivity index (χ3n) is 5.60. The number of aliphatic hydroxyl groups is 1. The summed E-state index contributed by atoms with van der Waals surface area (Å²) in [6.07, 6.45) is -3.04. The van der Waals surface area contributed by atoms with E-state index in [0.29, 0.717) is 19.8 Å². The third kappa shape index (κ3) is 6.03. The molecule has 0 bridgehead atoms. The molecule has 1 fully saturated rings. The Morgan fingerprint density at radius 1 is 0.594 bits per heavy atom. The molecule has 3 aromatic rings. The van der Waals surface area contributed by atoms with Gasteiger partial charge in [-0.1, -0.05) is 91.0 Å². The molecule has 5 atom stereocenters. The molecule has 1 N–H and O–H groups in total. The van der Waals surface area contributed by atoms with Gasteiger partial charge in [0.1, 0.15) is 18.3 Å². The second kappa shape index (κ2) is 11.4. The minimum atomic E-state index is -1.11. The van der Waals surface area contributed by atoms with Crippen LogP contribution in [-0.2, 0) is 38.8 Å². The van der Waals surface area contributed by atoms with Gasteiger partial charge in [-0.2, -0.15) is 0 Å². The summed E-state index contributed by atoms with van der Waals surface area (Å²) < 4.78 is 24.5. The van der Waals surface area contributed by atoms with E-state index in [2.05, 4.69) is 0 Å². The van der Waals surface area contributed by atoms with Crippen molar-refractivity contribution in [3.63, 3.8) is 0 Å². The van der Waals surface area contributed by atoms with Gasteiger partial charge in [0.25, 0.3) is 0 Å². The van der Waals surface area contributed by atoms with Crippen molar-refractivity contribution >= 4 is 0 Å². The van der Waals surface area contributed by atoms with E-state index in [0.717, 1.165) is 16.7 Å². The molecule has 0 aliphatic carbocycles. The summed E-state index contributed by atoms with van der Waals surface area (Å²) >= 11 is 0. The van der Waals surface area contributed by atoms with Crippen LogP contribution in [0.2, 0.25) is 0 Å². The molecule has 0 saturated carbocycles.